The first kappa shape index (κ1) is 16.9. The van der Waals surface area contributed by atoms with Gasteiger partial charge >= 0.3 is 0 Å². The van der Waals surface area contributed by atoms with Crippen LogP contribution in [0.2, 0.25) is 0 Å². The molecule has 7 heteroatoms. The molecule has 1 N–H and O–H groups in total. The molecule has 1 aromatic heterocycles. The maximum Gasteiger partial charge on any atom is 0.252 e. The maximum absolute atomic E-state index is 12.7. The van der Waals surface area contributed by atoms with Crippen molar-refractivity contribution in [2.45, 2.75) is 36.6 Å². The fraction of sp³-hybridized carbons (Fsp3) is 0.714. The van der Waals surface area contributed by atoms with Gasteiger partial charge < -0.3 is 10.2 Å². The van der Waals surface area contributed by atoms with Crippen LogP contribution in [0.1, 0.15) is 23.3 Å². The third-order valence-electron chi connectivity index (χ3n) is 4.08. The van der Waals surface area contributed by atoms with Crippen molar-refractivity contribution < 1.29 is 8.42 Å². The van der Waals surface area contributed by atoms with Crippen LogP contribution in [-0.2, 0) is 16.6 Å². The molecule has 1 saturated heterocycles. The van der Waals surface area contributed by atoms with E-state index in [1.807, 2.05) is 20.0 Å². The average molecular weight is 332 g/mol. The minimum Gasteiger partial charge on any atom is -0.315 e. The number of thiophene rings is 1. The number of hydrogen-bond donors (Lipinski definition) is 1. The Balaban J connectivity index is 2.14. The number of sulfonamides is 1. The Morgan fingerprint density at radius 2 is 2.00 bits per heavy atom. The second kappa shape index (κ2) is 6.75. The van der Waals surface area contributed by atoms with E-state index in [2.05, 4.69) is 24.3 Å². The van der Waals surface area contributed by atoms with Crippen LogP contribution in [0.4, 0.5) is 0 Å². The van der Waals surface area contributed by atoms with Crippen LogP contribution in [0.3, 0.4) is 0 Å². The van der Waals surface area contributed by atoms with Crippen molar-refractivity contribution in [2.75, 3.05) is 34.2 Å². The summed E-state index contributed by atoms with van der Waals surface area (Å²) in [6.07, 6.45) is 1.81. The van der Waals surface area contributed by atoms with Crippen molar-refractivity contribution in [1.29, 1.82) is 0 Å². The Morgan fingerprint density at radius 3 is 2.52 bits per heavy atom. The van der Waals surface area contributed by atoms with Crippen LogP contribution < -0.4 is 5.32 Å². The molecule has 0 aliphatic carbocycles. The van der Waals surface area contributed by atoms with Gasteiger partial charge in [0.1, 0.15) is 4.21 Å². The van der Waals surface area contributed by atoms with Crippen LogP contribution in [0, 0.1) is 6.92 Å². The number of hydrogen-bond acceptors (Lipinski definition) is 5. The Labute approximate surface area is 132 Å². The smallest absolute Gasteiger partial charge is 0.252 e. The number of piperidine rings is 1. The first-order chi connectivity index (χ1) is 9.86. The van der Waals surface area contributed by atoms with E-state index in [-0.39, 0.29) is 0 Å². The Kier molecular flexibility index (Phi) is 5.43. The summed E-state index contributed by atoms with van der Waals surface area (Å²) in [5.41, 5.74) is 1.05. The van der Waals surface area contributed by atoms with Crippen LogP contribution >= 0.6 is 11.3 Å². The topological polar surface area (TPSA) is 52.7 Å². The molecule has 0 amide bonds. The van der Waals surface area contributed by atoms with Gasteiger partial charge in [-0.15, -0.1) is 11.3 Å². The summed E-state index contributed by atoms with van der Waals surface area (Å²) in [5.74, 6) is 0. The van der Waals surface area contributed by atoms with Gasteiger partial charge in [-0.3, -0.25) is 0 Å². The van der Waals surface area contributed by atoms with Gasteiger partial charge in [-0.1, -0.05) is 0 Å². The molecule has 1 fully saturated rings. The number of rotatable bonds is 5. The zero-order chi connectivity index (χ0) is 15.6. The van der Waals surface area contributed by atoms with Crippen molar-refractivity contribution in [2.24, 2.45) is 0 Å². The van der Waals surface area contributed by atoms with E-state index in [9.17, 15) is 8.42 Å². The normalized spacial score (nSPS) is 18.5. The Bertz CT molecular complexity index is 573. The molecule has 1 aliphatic heterocycles. The van der Waals surface area contributed by atoms with Crippen molar-refractivity contribution in [3.8, 4) is 0 Å². The second-order valence-electron chi connectivity index (χ2n) is 5.80. The molecule has 2 rings (SSSR count). The van der Waals surface area contributed by atoms with E-state index in [1.165, 1.54) is 11.3 Å². The summed E-state index contributed by atoms with van der Waals surface area (Å²) in [6, 6.07) is 2.30. The summed E-state index contributed by atoms with van der Waals surface area (Å²) in [7, 11) is 2.66. The van der Waals surface area contributed by atoms with Crippen molar-refractivity contribution in [3.05, 3.63) is 16.5 Å². The molecule has 2 heterocycles. The second-order valence-corrected chi connectivity index (χ2v) is 9.10. The predicted molar refractivity (Wildman–Crippen MR) is 87.3 cm³/mol. The predicted octanol–water partition coefficient (Wildman–Crippen LogP) is 1.49. The van der Waals surface area contributed by atoms with Gasteiger partial charge in [0.25, 0.3) is 10.0 Å². The fourth-order valence-electron chi connectivity index (χ4n) is 2.68. The molecule has 1 aliphatic rings. The van der Waals surface area contributed by atoms with E-state index in [1.54, 1.807) is 4.31 Å². The molecule has 5 nitrogen and oxygen atoms in total. The SMILES string of the molecule is CNCc1sc(S(=O)(=O)N2CCC(N(C)C)CC2)cc1C. The molecule has 1 aromatic rings. The van der Waals surface area contributed by atoms with Crippen LogP contribution in [0.15, 0.2) is 10.3 Å². The van der Waals surface area contributed by atoms with Gasteiger partial charge in [0.05, 0.1) is 0 Å². The molecular formula is C14H25N3O2S2. The molecule has 0 saturated carbocycles. The third kappa shape index (κ3) is 3.65. The van der Waals surface area contributed by atoms with Crippen LogP contribution in [-0.4, -0.2) is 57.9 Å². The lowest BCUT2D eigenvalue weighted by Crippen LogP contribution is -2.44. The molecule has 0 radical (unpaired) electrons. The largest absolute Gasteiger partial charge is 0.315 e. The molecule has 0 atom stereocenters. The minimum atomic E-state index is -3.33. The Hall–Kier alpha value is -0.470. The number of nitrogens with one attached hydrogen (secondary N) is 1. The van der Waals surface area contributed by atoms with Gasteiger partial charge in [0, 0.05) is 30.6 Å². The first-order valence-corrected chi connectivity index (χ1v) is 9.52. The Morgan fingerprint density at radius 1 is 1.38 bits per heavy atom. The molecule has 0 spiro atoms. The van der Waals surface area contributed by atoms with E-state index in [0.29, 0.717) is 29.9 Å². The number of aryl methyl sites for hydroxylation is 1. The molecule has 120 valence electrons. The molecule has 0 unspecified atom stereocenters. The first-order valence-electron chi connectivity index (χ1n) is 7.26. The lowest BCUT2D eigenvalue weighted by molar-refractivity contribution is 0.197. The van der Waals surface area contributed by atoms with Gasteiger partial charge in [-0.2, -0.15) is 4.31 Å². The average Bonchev–Trinajstić information content (AvgIpc) is 2.81. The van der Waals surface area contributed by atoms with Gasteiger partial charge in [-0.05, 0) is 52.5 Å². The van der Waals surface area contributed by atoms with Crippen LogP contribution in [0.5, 0.6) is 0 Å². The summed E-state index contributed by atoms with van der Waals surface area (Å²) in [4.78, 5) is 3.28. The van der Waals surface area contributed by atoms with Gasteiger partial charge in [-0.25, -0.2) is 8.42 Å². The minimum absolute atomic E-state index is 0.480. The van der Waals surface area contributed by atoms with Crippen LogP contribution in [0.25, 0.3) is 0 Å². The standard InChI is InChI=1S/C14H25N3O2S2/c1-11-9-14(20-13(11)10-15-2)21(18,19)17-7-5-12(6-8-17)16(3)4/h9,12,15H,5-8,10H2,1-4H3. The van der Waals surface area contributed by atoms with Crippen molar-refractivity contribution in [1.82, 2.24) is 14.5 Å². The maximum atomic E-state index is 12.7. The lowest BCUT2D eigenvalue weighted by Gasteiger charge is -2.34. The van der Waals surface area contributed by atoms with Crippen molar-refractivity contribution >= 4 is 21.4 Å². The summed E-state index contributed by atoms with van der Waals surface area (Å²) in [5, 5.41) is 3.08. The molecule has 0 aromatic carbocycles. The molecule has 21 heavy (non-hydrogen) atoms. The lowest BCUT2D eigenvalue weighted by atomic mass is 10.1. The monoisotopic (exact) mass is 331 g/mol. The summed E-state index contributed by atoms with van der Waals surface area (Å²) in [6.45, 7) is 3.92. The van der Waals surface area contributed by atoms with Crippen molar-refractivity contribution in [3.63, 3.8) is 0 Å². The molecular weight excluding hydrogens is 306 g/mol. The fourth-order valence-corrected chi connectivity index (χ4v) is 5.90. The summed E-state index contributed by atoms with van der Waals surface area (Å²) < 4.78 is 27.6. The highest BCUT2D eigenvalue weighted by Gasteiger charge is 2.31. The van der Waals surface area contributed by atoms with E-state index >= 15 is 0 Å². The third-order valence-corrected chi connectivity index (χ3v) is 7.67. The zero-order valence-electron chi connectivity index (χ0n) is 13.2. The van der Waals surface area contributed by atoms with Gasteiger partial charge in [0.15, 0.2) is 0 Å². The number of nitrogens with zero attached hydrogens (tertiary/aromatic N) is 2. The van der Waals surface area contributed by atoms with E-state index in [4.69, 9.17) is 0 Å². The van der Waals surface area contributed by atoms with E-state index < -0.39 is 10.0 Å². The highest BCUT2D eigenvalue weighted by Crippen LogP contribution is 2.30. The zero-order valence-corrected chi connectivity index (χ0v) is 14.9. The molecule has 0 bridgehead atoms. The van der Waals surface area contributed by atoms with E-state index in [0.717, 1.165) is 23.3 Å². The summed E-state index contributed by atoms with van der Waals surface area (Å²) >= 11 is 1.39. The highest BCUT2D eigenvalue weighted by molar-refractivity contribution is 7.91. The highest BCUT2D eigenvalue weighted by atomic mass is 32.2. The van der Waals surface area contributed by atoms with Gasteiger partial charge in [0.2, 0.25) is 0 Å². The quantitative estimate of drug-likeness (QED) is 0.888.